The summed E-state index contributed by atoms with van der Waals surface area (Å²) in [4.78, 5) is 20.4. The van der Waals surface area contributed by atoms with Crippen LogP contribution in [0.4, 0.5) is 4.39 Å². The zero-order valence-corrected chi connectivity index (χ0v) is 18.7. The van der Waals surface area contributed by atoms with Crippen LogP contribution in [0.25, 0.3) is 22.2 Å². The summed E-state index contributed by atoms with van der Waals surface area (Å²) in [6.07, 6.45) is 1.01. The van der Waals surface area contributed by atoms with Crippen LogP contribution in [0.5, 0.6) is 0 Å². The normalized spacial score (nSPS) is 15.8. The van der Waals surface area contributed by atoms with E-state index in [1.54, 1.807) is 18.2 Å². The van der Waals surface area contributed by atoms with Gasteiger partial charge < -0.3 is 10.1 Å². The molecule has 5 nitrogen and oxygen atoms in total. The molecule has 4 rings (SSSR count). The maximum absolute atomic E-state index is 13.4. The van der Waals surface area contributed by atoms with Crippen molar-refractivity contribution in [3.63, 3.8) is 0 Å². The summed E-state index contributed by atoms with van der Waals surface area (Å²) in [6, 6.07) is 15.9. The fourth-order valence-electron chi connectivity index (χ4n) is 4.29. The molecule has 1 N–H and O–H groups in total. The predicted octanol–water partition coefficient (Wildman–Crippen LogP) is 4.52. The summed E-state index contributed by atoms with van der Waals surface area (Å²) in [7, 11) is 0. The number of pyridine rings is 1. The Bertz CT molecular complexity index is 1060. The van der Waals surface area contributed by atoms with Crippen LogP contribution in [0.2, 0.25) is 0 Å². The minimum atomic E-state index is -0.299. The fraction of sp³-hybridized carbons (Fsp3) is 0.385. The quantitative estimate of drug-likeness (QED) is 0.593. The number of rotatable bonds is 7. The van der Waals surface area contributed by atoms with Gasteiger partial charge in [0.2, 0.25) is 0 Å². The minimum Gasteiger partial charge on any atom is -0.379 e. The average molecular weight is 436 g/mol. The number of para-hydroxylation sites is 1. The van der Waals surface area contributed by atoms with Gasteiger partial charge in [-0.3, -0.25) is 9.69 Å². The zero-order chi connectivity index (χ0) is 22.5. The number of benzene rings is 2. The maximum Gasteiger partial charge on any atom is 0.252 e. The van der Waals surface area contributed by atoms with Gasteiger partial charge in [0.1, 0.15) is 5.82 Å². The molecule has 0 bridgehead atoms. The molecular weight excluding hydrogens is 405 g/mol. The summed E-state index contributed by atoms with van der Waals surface area (Å²) in [5.41, 5.74) is 2.75. The molecular formula is C26H30FN3O2. The van der Waals surface area contributed by atoms with E-state index in [0.717, 1.165) is 49.2 Å². The lowest BCUT2D eigenvalue weighted by Gasteiger charge is -2.35. The zero-order valence-electron chi connectivity index (χ0n) is 18.7. The van der Waals surface area contributed by atoms with E-state index in [1.165, 1.54) is 12.1 Å². The van der Waals surface area contributed by atoms with Crippen LogP contribution in [-0.2, 0) is 4.74 Å². The number of halogens is 1. The molecule has 0 saturated carbocycles. The van der Waals surface area contributed by atoms with E-state index in [4.69, 9.17) is 9.72 Å². The number of fused-ring (bicyclic) bond motifs is 1. The second-order valence-electron chi connectivity index (χ2n) is 8.72. The molecule has 1 fully saturated rings. The molecule has 1 atom stereocenters. The fourth-order valence-corrected chi connectivity index (χ4v) is 4.29. The van der Waals surface area contributed by atoms with Crippen molar-refractivity contribution in [1.82, 2.24) is 15.2 Å². The van der Waals surface area contributed by atoms with E-state index in [1.807, 2.05) is 24.3 Å². The van der Waals surface area contributed by atoms with Crippen LogP contribution in [0.3, 0.4) is 0 Å². The highest BCUT2D eigenvalue weighted by Gasteiger charge is 2.23. The number of aromatic nitrogens is 1. The van der Waals surface area contributed by atoms with Crippen LogP contribution in [0.1, 0.15) is 30.6 Å². The van der Waals surface area contributed by atoms with Gasteiger partial charge in [-0.1, -0.05) is 32.0 Å². The monoisotopic (exact) mass is 435 g/mol. The predicted molar refractivity (Wildman–Crippen MR) is 125 cm³/mol. The van der Waals surface area contributed by atoms with Crippen molar-refractivity contribution >= 4 is 16.8 Å². The molecule has 0 aliphatic carbocycles. The summed E-state index contributed by atoms with van der Waals surface area (Å²) >= 11 is 0. The molecule has 0 spiro atoms. The van der Waals surface area contributed by atoms with Gasteiger partial charge in [0, 0.05) is 36.6 Å². The molecule has 1 aliphatic heterocycles. The van der Waals surface area contributed by atoms with Crippen molar-refractivity contribution in [2.75, 3.05) is 32.8 Å². The molecule has 6 heteroatoms. The van der Waals surface area contributed by atoms with Gasteiger partial charge in [-0.15, -0.1) is 0 Å². The van der Waals surface area contributed by atoms with E-state index in [-0.39, 0.29) is 17.8 Å². The second-order valence-corrected chi connectivity index (χ2v) is 8.72. The highest BCUT2D eigenvalue weighted by Crippen LogP contribution is 2.25. The number of nitrogens with zero attached hydrogens (tertiary/aromatic N) is 2. The summed E-state index contributed by atoms with van der Waals surface area (Å²) in [5, 5.41) is 3.98. The Balaban J connectivity index is 1.59. The molecule has 32 heavy (non-hydrogen) atoms. The number of nitrogens with one attached hydrogen (secondary N) is 1. The summed E-state index contributed by atoms with van der Waals surface area (Å²) in [5.74, 6) is 0.118. The van der Waals surface area contributed by atoms with Gasteiger partial charge in [0.05, 0.1) is 30.0 Å². The number of ether oxygens (including phenoxy) is 1. The Labute approximate surface area is 188 Å². The van der Waals surface area contributed by atoms with Crippen LogP contribution in [0.15, 0.2) is 54.6 Å². The first-order valence-corrected chi connectivity index (χ1v) is 11.3. The van der Waals surface area contributed by atoms with E-state index >= 15 is 0 Å². The molecule has 1 saturated heterocycles. The average Bonchev–Trinajstić information content (AvgIpc) is 2.81. The van der Waals surface area contributed by atoms with Crippen molar-refractivity contribution in [1.29, 1.82) is 0 Å². The summed E-state index contributed by atoms with van der Waals surface area (Å²) < 4.78 is 18.9. The molecule has 1 amide bonds. The highest BCUT2D eigenvalue weighted by molar-refractivity contribution is 6.07. The van der Waals surface area contributed by atoms with Crippen LogP contribution < -0.4 is 5.32 Å². The third-order valence-corrected chi connectivity index (χ3v) is 5.90. The van der Waals surface area contributed by atoms with Crippen molar-refractivity contribution in [3.8, 4) is 11.3 Å². The number of carbonyl (C=O) groups is 1. The molecule has 3 aromatic rings. The molecule has 0 radical (unpaired) electrons. The number of carbonyl (C=O) groups excluding carboxylic acids is 1. The van der Waals surface area contributed by atoms with E-state index in [9.17, 15) is 9.18 Å². The van der Waals surface area contributed by atoms with Gasteiger partial charge in [-0.05, 0) is 48.7 Å². The molecule has 168 valence electrons. The Morgan fingerprint density at radius 3 is 2.56 bits per heavy atom. The number of hydrogen-bond donors (Lipinski definition) is 1. The first kappa shape index (κ1) is 22.4. The van der Waals surface area contributed by atoms with Crippen LogP contribution in [-0.4, -0.2) is 54.7 Å². The first-order chi connectivity index (χ1) is 15.5. The third-order valence-electron chi connectivity index (χ3n) is 5.90. The molecule has 1 aromatic heterocycles. The Morgan fingerprint density at radius 2 is 1.84 bits per heavy atom. The van der Waals surface area contributed by atoms with Crippen molar-refractivity contribution < 1.29 is 13.9 Å². The number of hydrogen-bond acceptors (Lipinski definition) is 4. The second kappa shape index (κ2) is 10.2. The van der Waals surface area contributed by atoms with Gasteiger partial charge in [-0.2, -0.15) is 0 Å². The lowest BCUT2D eigenvalue weighted by Crippen LogP contribution is -2.49. The Hall–Kier alpha value is -2.83. The van der Waals surface area contributed by atoms with Crippen LogP contribution in [0, 0.1) is 11.7 Å². The first-order valence-electron chi connectivity index (χ1n) is 11.3. The number of amides is 1. The maximum atomic E-state index is 13.4. The smallest absolute Gasteiger partial charge is 0.252 e. The summed E-state index contributed by atoms with van der Waals surface area (Å²) in [6.45, 7) is 8.25. The number of morpholine rings is 1. The van der Waals surface area contributed by atoms with E-state index in [0.29, 0.717) is 23.7 Å². The molecule has 1 unspecified atom stereocenters. The SMILES string of the molecule is CC(C)CC(CNC(=O)c1cc(-c2ccc(F)cc2)nc2ccccc12)N1CCOCC1. The molecule has 1 aliphatic rings. The standard InChI is InChI=1S/C26H30FN3O2/c1-18(2)15-21(30-11-13-32-14-12-30)17-28-26(31)23-16-25(19-7-9-20(27)10-8-19)29-24-6-4-3-5-22(23)24/h3-10,16,18,21H,11-15,17H2,1-2H3,(H,28,31). The largest absolute Gasteiger partial charge is 0.379 e. The Morgan fingerprint density at radius 1 is 1.12 bits per heavy atom. The van der Waals surface area contributed by atoms with E-state index in [2.05, 4.69) is 24.1 Å². The molecule has 2 heterocycles. The topological polar surface area (TPSA) is 54.5 Å². The van der Waals surface area contributed by atoms with Crippen molar-refractivity contribution in [2.45, 2.75) is 26.3 Å². The van der Waals surface area contributed by atoms with Gasteiger partial charge in [0.25, 0.3) is 5.91 Å². The van der Waals surface area contributed by atoms with Crippen LogP contribution >= 0.6 is 0 Å². The van der Waals surface area contributed by atoms with Gasteiger partial charge in [0.15, 0.2) is 0 Å². The van der Waals surface area contributed by atoms with Gasteiger partial charge in [-0.25, -0.2) is 9.37 Å². The minimum absolute atomic E-state index is 0.117. The van der Waals surface area contributed by atoms with E-state index < -0.39 is 0 Å². The highest BCUT2D eigenvalue weighted by atomic mass is 19.1. The lowest BCUT2D eigenvalue weighted by atomic mass is 10.0. The van der Waals surface area contributed by atoms with Gasteiger partial charge >= 0.3 is 0 Å². The molecule has 2 aromatic carbocycles. The van der Waals surface area contributed by atoms with Crippen molar-refractivity contribution in [2.24, 2.45) is 5.92 Å². The lowest BCUT2D eigenvalue weighted by molar-refractivity contribution is 0.0124. The Kier molecular flexibility index (Phi) is 7.12. The third kappa shape index (κ3) is 5.31. The van der Waals surface area contributed by atoms with Crippen molar-refractivity contribution in [3.05, 3.63) is 66.0 Å².